The number of ether oxygens (including phenoxy) is 1. The topological polar surface area (TPSA) is 83.2 Å². The zero-order valence-electron chi connectivity index (χ0n) is 17.5. The first kappa shape index (κ1) is 22.1. The molecule has 4 aromatic rings. The van der Waals surface area contributed by atoms with E-state index in [2.05, 4.69) is 15.6 Å². The van der Waals surface area contributed by atoms with Gasteiger partial charge in [0.05, 0.1) is 17.8 Å². The quantitative estimate of drug-likeness (QED) is 0.336. The summed E-state index contributed by atoms with van der Waals surface area (Å²) >= 11 is 6.05. The molecule has 4 rings (SSSR count). The van der Waals surface area contributed by atoms with Gasteiger partial charge in [0.1, 0.15) is 17.3 Å². The number of nitrogens with one attached hydrogen (secondary N) is 3. The van der Waals surface area contributed by atoms with Gasteiger partial charge in [-0.1, -0.05) is 29.8 Å². The molecule has 0 aliphatic heterocycles. The predicted molar refractivity (Wildman–Crippen MR) is 127 cm³/mol. The molecule has 0 saturated heterocycles. The summed E-state index contributed by atoms with van der Waals surface area (Å²) in [6, 6.07) is 17.6. The first-order valence-electron chi connectivity index (χ1n) is 9.94. The Hall–Kier alpha value is -4.10. The van der Waals surface area contributed by atoms with Crippen LogP contribution in [0.3, 0.4) is 0 Å². The van der Waals surface area contributed by atoms with Gasteiger partial charge in [0.25, 0.3) is 11.8 Å². The molecule has 1 aromatic heterocycles. The molecule has 6 nitrogen and oxygen atoms in total. The van der Waals surface area contributed by atoms with E-state index in [1.807, 2.05) is 18.2 Å². The molecule has 0 bridgehead atoms. The molecule has 2 amide bonds. The Morgan fingerprint density at radius 3 is 2.58 bits per heavy atom. The number of carbonyl (C=O) groups excluding carboxylic acids is 2. The highest BCUT2D eigenvalue weighted by Crippen LogP contribution is 2.26. The van der Waals surface area contributed by atoms with Crippen LogP contribution in [-0.4, -0.2) is 23.9 Å². The fourth-order valence-electron chi connectivity index (χ4n) is 3.25. The summed E-state index contributed by atoms with van der Waals surface area (Å²) in [5.41, 5.74) is 2.07. The van der Waals surface area contributed by atoms with Gasteiger partial charge in [0, 0.05) is 28.2 Å². The number of halogens is 2. The van der Waals surface area contributed by atoms with Gasteiger partial charge in [0.15, 0.2) is 0 Å². The van der Waals surface area contributed by atoms with Crippen molar-refractivity contribution in [2.24, 2.45) is 0 Å². The van der Waals surface area contributed by atoms with Gasteiger partial charge in [-0.3, -0.25) is 9.59 Å². The van der Waals surface area contributed by atoms with Crippen LogP contribution in [0.2, 0.25) is 5.02 Å². The van der Waals surface area contributed by atoms with E-state index in [0.717, 1.165) is 17.0 Å². The zero-order chi connectivity index (χ0) is 23.4. The van der Waals surface area contributed by atoms with Crippen molar-refractivity contribution in [1.29, 1.82) is 0 Å². The average Bonchev–Trinajstić information content (AvgIpc) is 3.22. The maximum absolute atomic E-state index is 13.4. The summed E-state index contributed by atoms with van der Waals surface area (Å²) in [5.74, 6) is -0.960. The lowest BCUT2D eigenvalue weighted by Gasteiger charge is -2.12. The predicted octanol–water partition coefficient (Wildman–Crippen LogP) is 5.38. The van der Waals surface area contributed by atoms with Gasteiger partial charge in [-0.25, -0.2) is 4.39 Å². The molecule has 0 aliphatic rings. The third-order valence-electron chi connectivity index (χ3n) is 4.93. The van der Waals surface area contributed by atoms with Crippen LogP contribution in [0, 0.1) is 5.82 Å². The van der Waals surface area contributed by atoms with Gasteiger partial charge in [0.2, 0.25) is 0 Å². The molecule has 166 valence electrons. The molecule has 0 saturated carbocycles. The second-order valence-corrected chi connectivity index (χ2v) is 7.52. The number of rotatable bonds is 6. The molecule has 1 heterocycles. The molecule has 8 heteroatoms. The highest BCUT2D eigenvalue weighted by Gasteiger charge is 2.17. The first-order chi connectivity index (χ1) is 15.9. The zero-order valence-corrected chi connectivity index (χ0v) is 18.2. The van der Waals surface area contributed by atoms with Crippen molar-refractivity contribution in [3.8, 4) is 5.75 Å². The second-order valence-electron chi connectivity index (χ2n) is 7.11. The number of aromatic amines is 1. The van der Waals surface area contributed by atoms with Crippen LogP contribution in [0.25, 0.3) is 17.0 Å². The van der Waals surface area contributed by atoms with Gasteiger partial charge >= 0.3 is 0 Å². The SMILES string of the molecule is COc1ccc2[nH]cc(/C=C(/NC(=O)c3ccccc3)C(=O)Nc3ccc(F)cc3Cl)c2c1. The fourth-order valence-corrected chi connectivity index (χ4v) is 3.46. The lowest BCUT2D eigenvalue weighted by atomic mass is 10.1. The average molecular weight is 464 g/mol. The minimum Gasteiger partial charge on any atom is -0.497 e. The summed E-state index contributed by atoms with van der Waals surface area (Å²) in [6.07, 6.45) is 3.27. The number of anilines is 1. The van der Waals surface area contributed by atoms with Crippen LogP contribution in [-0.2, 0) is 4.79 Å². The van der Waals surface area contributed by atoms with E-state index >= 15 is 0 Å². The Morgan fingerprint density at radius 1 is 1.06 bits per heavy atom. The van der Waals surface area contributed by atoms with E-state index in [0.29, 0.717) is 16.9 Å². The van der Waals surface area contributed by atoms with Crippen molar-refractivity contribution >= 4 is 46.1 Å². The van der Waals surface area contributed by atoms with E-state index in [4.69, 9.17) is 16.3 Å². The lowest BCUT2D eigenvalue weighted by Crippen LogP contribution is -2.30. The monoisotopic (exact) mass is 463 g/mol. The van der Waals surface area contributed by atoms with Crippen molar-refractivity contribution < 1.29 is 18.7 Å². The molecule has 3 aromatic carbocycles. The van der Waals surface area contributed by atoms with Crippen LogP contribution in [0.1, 0.15) is 15.9 Å². The third-order valence-corrected chi connectivity index (χ3v) is 5.24. The normalized spacial score (nSPS) is 11.3. The van der Waals surface area contributed by atoms with Crippen LogP contribution in [0.15, 0.2) is 78.6 Å². The number of amides is 2. The Kier molecular flexibility index (Phi) is 6.42. The Bertz CT molecular complexity index is 1370. The number of methoxy groups -OCH3 is 1. The molecular formula is C25H19ClFN3O3. The lowest BCUT2D eigenvalue weighted by molar-refractivity contribution is -0.113. The standard InChI is InChI=1S/C25H19ClFN3O3/c1-33-18-8-10-21-19(13-18)16(14-28-21)11-23(30-24(31)15-5-3-2-4-6-15)25(32)29-22-9-7-17(27)12-20(22)26/h2-14,28H,1H3,(H,29,32)(H,30,31)/b23-11+. The van der Waals surface area contributed by atoms with Gasteiger partial charge < -0.3 is 20.4 Å². The summed E-state index contributed by atoms with van der Waals surface area (Å²) in [7, 11) is 1.56. The second kappa shape index (κ2) is 9.58. The number of hydrogen-bond acceptors (Lipinski definition) is 3. The van der Waals surface area contributed by atoms with E-state index < -0.39 is 17.6 Å². The molecule has 3 N–H and O–H groups in total. The van der Waals surface area contributed by atoms with Crippen molar-refractivity contribution in [3.05, 3.63) is 101 Å². The molecule has 0 fully saturated rings. The van der Waals surface area contributed by atoms with E-state index in [1.165, 1.54) is 12.1 Å². The summed E-state index contributed by atoms with van der Waals surface area (Å²) in [6.45, 7) is 0. The van der Waals surface area contributed by atoms with E-state index in [1.54, 1.807) is 49.7 Å². The first-order valence-corrected chi connectivity index (χ1v) is 10.3. The molecule has 33 heavy (non-hydrogen) atoms. The van der Waals surface area contributed by atoms with E-state index in [9.17, 15) is 14.0 Å². The number of aromatic nitrogens is 1. The number of hydrogen-bond donors (Lipinski definition) is 3. The van der Waals surface area contributed by atoms with Crippen LogP contribution in [0.4, 0.5) is 10.1 Å². The molecular weight excluding hydrogens is 445 g/mol. The highest BCUT2D eigenvalue weighted by molar-refractivity contribution is 6.34. The number of benzene rings is 3. The van der Waals surface area contributed by atoms with Crippen molar-refractivity contribution in [3.63, 3.8) is 0 Å². The van der Waals surface area contributed by atoms with E-state index in [-0.39, 0.29) is 16.4 Å². The Morgan fingerprint density at radius 2 is 1.85 bits per heavy atom. The number of H-pyrrole nitrogens is 1. The smallest absolute Gasteiger partial charge is 0.272 e. The number of carbonyl (C=O) groups is 2. The highest BCUT2D eigenvalue weighted by atomic mass is 35.5. The van der Waals surface area contributed by atoms with Gasteiger partial charge in [-0.15, -0.1) is 0 Å². The Balaban J connectivity index is 1.72. The van der Waals surface area contributed by atoms with Crippen LogP contribution in [0.5, 0.6) is 5.75 Å². The molecule has 0 unspecified atom stereocenters. The van der Waals surface area contributed by atoms with Gasteiger partial charge in [-0.2, -0.15) is 0 Å². The number of fused-ring (bicyclic) bond motifs is 1. The maximum Gasteiger partial charge on any atom is 0.272 e. The van der Waals surface area contributed by atoms with Crippen molar-refractivity contribution in [2.75, 3.05) is 12.4 Å². The molecule has 0 atom stereocenters. The summed E-state index contributed by atoms with van der Waals surface area (Å²) < 4.78 is 18.7. The summed E-state index contributed by atoms with van der Waals surface area (Å²) in [4.78, 5) is 29.0. The molecule has 0 aliphatic carbocycles. The fraction of sp³-hybridized carbons (Fsp3) is 0.0400. The minimum atomic E-state index is -0.620. The van der Waals surface area contributed by atoms with Crippen LogP contribution >= 0.6 is 11.6 Å². The Labute approximate surface area is 194 Å². The molecule has 0 radical (unpaired) electrons. The van der Waals surface area contributed by atoms with Crippen molar-refractivity contribution in [2.45, 2.75) is 0 Å². The maximum atomic E-state index is 13.4. The van der Waals surface area contributed by atoms with Gasteiger partial charge in [-0.05, 0) is 54.6 Å². The van der Waals surface area contributed by atoms with Crippen molar-refractivity contribution in [1.82, 2.24) is 10.3 Å². The molecule has 0 spiro atoms. The largest absolute Gasteiger partial charge is 0.497 e. The minimum absolute atomic E-state index is 0.0204. The third kappa shape index (κ3) is 5.05. The summed E-state index contributed by atoms with van der Waals surface area (Å²) in [5, 5.41) is 6.12. The van der Waals surface area contributed by atoms with Crippen LogP contribution < -0.4 is 15.4 Å².